The SMILES string of the molecule is C[C@@H]1CNC[C@H]1C(=O)Nc1ccc(F)cc1Br. The number of carbonyl (C=O) groups excluding carboxylic acids is 1. The molecule has 92 valence electrons. The molecule has 1 fully saturated rings. The predicted molar refractivity (Wildman–Crippen MR) is 68.3 cm³/mol. The molecule has 1 aromatic rings. The molecule has 0 spiro atoms. The van der Waals surface area contributed by atoms with Crippen LogP contribution in [0, 0.1) is 17.7 Å². The fourth-order valence-electron chi connectivity index (χ4n) is 1.98. The Labute approximate surface area is 108 Å². The van der Waals surface area contributed by atoms with Gasteiger partial charge in [0, 0.05) is 11.0 Å². The number of hydrogen-bond acceptors (Lipinski definition) is 2. The number of hydrogen-bond donors (Lipinski definition) is 2. The lowest BCUT2D eigenvalue weighted by Crippen LogP contribution is -2.27. The van der Waals surface area contributed by atoms with Crippen LogP contribution in [0.5, 0.6) is 0 Å². The van der Waals surface area contributed by atoms with Crippen LogP contribution in [0.2, 0.25) is 0 Å². The molecule has 2 N–H and O–H groups in total. The molecule has 1 saturated heterocycles. The number of nitrogens with one attached hydrogen (secondary N) is 2. The molecule has 1 aliphatic rings. The molecule has 1 heterocycles. The lowest BCUT2D eigenvalue weighted by atomic mass is 9.97. The van der Waals surface area contributed by atoms with E-state index >= 15 is 0 Å². The third kappa shape index (κ3) is 2.84. The summed E-state index contributed by atoms with van der Waals surface area (Å²) in [4.78, 5) is 12.0. The fraction of sp³-hybridized carbons (Fsp3) is 0.417. The zero-order valence-electron chi connectivity index (χ0n) is 9.47. The lowest BCUT2D eigenvalue weighted by molar-refractivity contribution is -0.120. The molecule has 0 aliphatic carbocycles. The minimum Gasteiger partial charge on any atom is -0.325 e. The molecule has 1 amide bonds. The van der Waals surface area contributed by atoms with Crippen LogP contribution in [0.3, 0.4) is 0 Å². The normalized spacial score (nSPS) is 23.7. The first kappa shape index (κ1) is 12.5. The average molecular weight is 301 g/mol. The van der Waals surface area contributed by atoms with Gasteiger partial charge in [0.2, 0.25) is 5.91 Å². The smallest absolute Gasteiger partial charge is 0.229 e. The van der Waals surface area contributed by atoms with Crippen LogP contribution in [0.15, 0.2) is 22.7 Å². The van der Waals surface area contributed by atoms with E-state index in [-0.39, 0.29) is 17.6 Å². The van der Waals surface area contributed by atoms with Gasteiger partial charge >= 0.3 is 0 Å². The first-order chi connectivity index (χ1) is 8.08. The maximum atomic E-state index is 12.9. The van der Waals surface area contributed by atoms with Crippen LogP contribution in [-0.4, -0.2) is 19.0 Å². The van der Waals surface area contributed by atoms with Crippen LogP contribution < -0.4 is 10.6 Å². The molecule has 1 aliphatic heterocycles. The number of rotatable bonds is 2. The Morgan fingerprint density at radius 1 is 1.53 bits per heavy atom. The van der Waals surface area contributed by atoms with Crippen molar-refractivity contribution >= 4 is 27.5 Å². The Morgan fingerprint density at radius 2 is 2.29 bits per heavy atom. The van der Waals surface area contributed by atoms with Crippen molar-refractivity contribution in [2.24, 2.45) is 11.8 Å². The zero-order valence-corrected chi connectivity index (χ0v) is 11.1. The second-order valence-corrected chi connectivity index (χ2v) is 5.21. The van der Waals surface area contributed by atoms with Crippen molar-refractivity contribution in [3.05, 3.63) is 28.5 Å². The number of benzene rings is 1. The van der Waals surface area contributed by atoms with Crippen LogP contribution in [-0.2, 0) is 4.79 Å². The van der Waals surface area contributed by atoms with Gasteiger partial charge in [-0.05, 0) is 46.6 Å². The third-order valence-electron chi connectivity index (χ3n) is 3.04. The monoisotopic (exact) mass is 300 g/mol. The van der Waals surface area contributed by atoms with Gasteiger partial charge in [-0.15, -0.1) is 0 Å². The maximum absolute atomic E-state index is 12.9. The van der Waals surface area contributed by atoms with Gasteiger partial charge in [-0.2, -0.15) is 0 Å². The van der Waals surface area contributed by atoms with Crippen LogP contribution >= 0.6 is 15.9 Å². The summed E-state index contributed by atoms with van der Waals surface area (Å²) in [5, 5.41) is 6.00. The summed E-state index contributed by atoms with van der Waals surface area (Å²) < 4.78 is 13.5. The molecule has 17 heavy (non-hydrogen) atoms. The lowest BCUT2D eigenvalue weighted by Gasteiger charge is -2.15. The van der Waals surface area contributed by atoms with E-state index in [0.29, 0.717) is 22.6 Å². The summed E-state index contributed by atoms with van der Waals surface area (Å²) in [6.45, 7) is 3.61. The molecule has 0 bridgehead atoms. The van der Waals surface area contributed by atoms with Gasteiger partial charge < -0.3 is 10.6 Å². The average Bonchev–Trinajstić information content (AvgIpc) is 2.68. The Morgan fingerprint density at radius 3 is 2.88 bits per heavy atom. The van der Waals surface area contributed by atoms with Crippen molar-refractivity contribution in [3.8, 4) is 0 Å². The minimum atomic E-state index is -0.328. The maximum Gasteiger partial charge on any atom is 0.229 e. The number of amides is 1. The van der Waals surface area contributed by atoms with E-state index in [1.54, 1.807) is 6.07 Å². The van der Waals surface area contributed by atoms with E-state index in [2.05, 4.69) is 26.6 Å². The number of carbonyl (C=O) groups is 1. The highest BCUT2D eigenvalue weighted by molar-refractivity contribution is 9.10. The Kier molecular flexibility index (Phi) is 3.79. The highest BCUT2D eigenvalue weighted by Gasteiger charge is 2.29. The van der Waals surface area contributed by atoms with Crippen molar-refractivity contribution in [2.75, 3.05) is 18.4 Å². The molecule has 2 rings (SSSR count). The van der Waals surface area contributed by atoms with E-state index in [1.165, 1.54) is 12.1 Å². The van der Waals surface area contributed by atoms with Gasteiger partial charge in [-0.3, -0.25) is 4.79 Å². The number of anilines is 1. The predicted octanol–water partition coefficient (Wildman–Crippen LogP) is 2.38. The second-order valence-electron chi connectivity index (χ2n) is 4.36. The molecule has 1 aromatic carbocycles. The number of halogens is 2. The van der Waals surface area contributed by atoms with E-state index in [9.17, 15) is 9.18 Å². The second kappa shape index (κ2) is 5.14. The van der Waals surface area contributed by atoms with Gasteiger partial charge in [-0.1, -0.05) is 6.92 Å². The van der Waals surface area contributed by atoms with E-state index in [4.69, 9.17) is 0 Å². The molecule has 0 saturated carbocycles. The largest absolute Gasteiger partial charge is 0.325 e. The van der Waals surface area contributed by atoms with E-state index < -0.39 is 0 Å². The summed E-state index contributed by atoms with van der Waals surface area (Å²) in [5.41, 5.74) is 0.607. The van der Waals surface area contributed by atoms with Crippen LogP contribution in [0.1, 0.15) is 6.92 Å². The quantitative estimate of drug-likeness (QED) is 0.880. The van der Waals surface area contributed by atoms with Crippen molar-refractivity contribution < 1.29 is 9.18 Å². The van der Waals surface area contributed by atoms with E-state index in [1.807, 2.05) is 6.92 Å². The van der Waals surface area contributed by atoms with Crippen molar-refractivity contribution in [2.45, 2.75) is 6.92 Å². The summed E-state index contributed by atoms with van der Waals surface area (Å²) >= 11 is 3.23. The Bertz CT molecular complexity index is 439. The van der Waals surface area contributed by atoms with E-state index in [0.717, 1.165) is 6.54 Å². The topological polar surface area (TPSA) is 41.1 Å². The zero-order chi connectivity index (χ0) is 12.4. The van der Waals surface area contributed by atoms with Gasteiger partial charge in [-0.25, -0.2) is 4.39 Å². The molecule has 2 atom stereocenters. The molecule has 0 aromatic heterocycles. The standard InChI is InChI=1S/C12H14BrFN2O/c1-7-5-15-6-9(7)12(17)16-11-3-2-8(14)4-10(11)13/h2-4,7,9,15H,5-6H2,1H3,(H,16,17)/t7-,9-/m1/s1. The van der Waals surface area contributed by atoms with Crippen molar-refractivity contribution in [1.82, 2.24) is 5.32 Å². The first-order valence-electron chi connectivity index (χ1n) is 5.54. The van der Waals surface area contributed by atoms with Crippen LogP contribution in [0.25, 0.3) is 0 Å². The van der Waals surface area contributed by atoms with Gasteiger partial charge in [0.15, 0.2) is 0 Å². The minimum absolute atomic E-state index is 0.0187. The van der Waals surface area contributed by atoms with Crippen LogP contribution in [0.4, 0.5) is 10.1 Å². The molecular weight excluding hydrogens is 287 g/mol. The first-order valence-corrected chi connectivity index (χ1v) is 6.34. The summed E-state index contributed by atoms with van der Waals surface area (Å²) in [6, 6.07) is 4.23. The highest BCUT2D eigenvalue weighted by atomic mass is 79.9. The molecule has 0 unspecified atom stereocenters. The van der Waals surface area contributed by atoms with Gasteiger partial charge in [0.05, 0.1) is 11.6 Å². The molecule has 5 heteroatoms. The Balaban J connectivity index is 2.07. The molecule has 3 nitrogen and oxygen atoms in total. The summed E-state index contributed by atoms with van der Waals surface area (Å²) in [7, 11) is 0. The fourth-order valence-corrected chi connectivity index (χ4v) is 2.43. The molecule has 0 radical (unpaired) electrons. The highest BCUT2D eigenvalue weighted by Crippen LogP contribution is 2.25. The summed E-state index contributed by atoms with van der Waals surface area (Å²) in [5.74, 6) is -0.0400. The third-order valence-corrected chi connectivity index (χ3v) is 3.70. The van der Waals surface area contributed by atoms with Crippen molar-refractivity contribution in [1.29, 1.82) is 0 Å². The van der Waals surface area contributed by atoms with Gasteiger partial charge in [0.25, 0.3) is 0 Å². The molecular formula is C12H14BrFN2O. The van der Waals surface area contributed by atoms with Crippen molar-refractivity contribution in [3.63, 3.8) is 0 Å². The summed E-state index contributed by atoms with van der Waals surface area (Å²) in [6.07, 6.45) is 0. The van der Waals surface area contributed by atoms with Gasteiger partial charge in [0.1, 0.15) is 5.82 Å². The Hall–Kier alpha value is -0.940.